The summed E-state index contributed by atoms with van der Waals surface area (Å²) in [6.45, 7) is 0. The smallest absolute Gasteiger partial charge is 0.220 e. The number of benzene rings is 1. The molecule has 0 saturated heterocycles. The number of nitrogens with zero attached hydrogens (tertiary/aromatic N) is 3. The van der Waals surface area contributed by atoms with Crippen molar-refractivity contribution >= 4 is 33.5 Å². The Morgan fingerprint density at radius 1 is 1.09 bits per heavy atom. The molecule has 1 heterocycles. The zero-order chi connectivity index (χ0) is 15.9. The molecule has 0 aromatic heterocycles. The van der Waals surface area contributed by atoms with Gasteiger partial charge in [-0.3, -0.25) is 4.90 Å². The van der Waals surface area contributed by atoms with Gasteiger partial charge in [0.15, 0.2) is 0 Å². The van der Waals surface area contributed by atoms with Gasteiger partial charge in [0.05, 0.1) is 10.2 Å². The van der Waals surface area contributed by atoms with Crippen molar-refractivity contribution in [3.05, 3.63) is 28.2 Å². The molecule has 1 spiro atoms. The number of hydrogen-bond acceptors (Lipinski definition) is 5. The van der Waals surface area contributed by atoms with Gasteiger partial charge in [0.2, 0.25) is 11.9 Å². The lowest BCUT2D eigenvalue weighted by Gasteiger charge is -2.45. The predicted octanol–water partition coefficient (Wildman–Crippen LogP) is 2.84. The monoisotopic (exact) mass is 371 g/mol. The summed E-state index contributed by atoms with van der Waals surface area (Å²) in [5.41, 5.74) is 11.0. The molecular weight excluding hydrogens is 356 g/mol. The van der Waals surface area contributed by atoms with Crippen LogP contribution < -0.4 is 16.4 Å². The molecule has 1 aliphatic heterocycles. The fourth-order valence-corrected chi connectivity index (χ4v) is 3.47. The van der Waals surface area contributed by atoms with Crippen LogP contribution in [0.2, 0.25) is 0 Å². The highest BCUT2D eigenvalue weighted by Gasteiger charge is 2.43. The number of nitrogens with two attached hydrogens (primary N) is 2. The molecule has 3 rings (SSSR count). The van der Waals surface area contributed by atoms with E-state index >= 15 is 0 Å². The molecule has 0 radical (unpaired) electrons. The van der Waals surface area contributed by atoms with Crippen LogP contribution in [-0.2, 0) is 0 Å². The molecule has 118 valence electrons. The van der Waals surface area contributed by atoms with Gasteiger partial charge in [-0.2, -0.15) is 4.99 Å². The first-order valence-corrected chi connectivity index (χ1v) is 7.86. The first-order chi connectivity index (χ1) is 10.4. The summed E-state index contributed by atoms with van der Waals surface area (Å²) in [5.74, 6) is -1.05. The lowest BCUT2D eigenvalue weighted by atomic mass is 9.87. The highest BCUT2D eigenvalue weighted by atomic mass is 79.9. The fourth-order valence-electron chi connectivity index (χ4n) is 3.15. The molecule has 22 heavy (non-hydrogen) atoms. The van der Waals surface area contributed by atoms with E-state index in [1.54, 1.807) is 0 Å². The van der Waals surface area contributed by atoms with Crippen molar-refractivity contribution in [3.63, 3.8) is 0 Å². The minimum atomic E-state index is -0.782. The molecule has 0 bridgehead atoms. The minimum Gasteiger partial charge on any atom is -0.369 e. The van der Waals surface area contributed by atoms with Gasteiger partial charge < -0.3 is 11.5 Å². The second-order valence-electron chi connectivity index (χ2n) is 5.54. The normalized spacial score (nSPS) is 20.8. The molecule has 1 fully saturated rings. The van der Waals surface area contributed by atoms with E-state index in [-0.39, 0.29) is 22.1 Å². The molecule has 1 aromatic rings. The Labute approximate surface area is 135 Å². The molecule has 1 aromatic carbocycles. The topological polar surface area (TPSA) is 80.0 Å². The first kappa shape index (κ1) is 15.2. The summed E-state index contributed by atoms with van der Waals surface area (Å²) in [5, 5.41) is 0. The van der Waals surface area contributed by atoms with Crippen LogP contribution in [0.4, 0.5) is 14.5 Å². The number of hydrogen-bond donors (Lipinski definition) is 2. The van der Waals surface area contributed by atoms with Crippen LogP contribution in [0.1, 0.15) is 32.1 Å². The highest BCUT2D eigenvalue weighted by molar-refractivity contribution is 9.10. The van der Waals surface area contributed by atoms with Crippen LogP contribution in [-0.4, -0.2) is 17.6 Å². The van der Waals surface area contributed by atoms with Crippen LogP contribution in [0.15, 0.2) is 26.6 Å². The SMILES string of the molecule is NC1=NC2(CCCCC2)N(c2cc(F)c(Br)cc2F)C(N)=N1. The molecule has 0 unspecified atom stereocenters. The summed E-state index contributed by atoms with van der Waals surface area (Å²) in [4.78, 5) is 9.84. The minimum absolute atomic E-state index is 0.0279. The van der Waals surface area contributed by atoms with E-state index in [1.165, 1.54) is 4.90 Å². The third-order valence-corrected chi connectivity index (χ3v) is 4.69. The number of guanidine groups is 2. The molecule has 5 nitrogen and oxygen atoms in total. The van der Waals surface area contributed by atoms with E-state index in [1.807, 2.05) is 0 Å². The van der Waals surface area contributed by atoms with Gasteiger partial charge in [-0.1, -0.05) is 6.42 Å². The number of rotatable bonds is 1. The maximum absolute atomic E-state index is 14.4. The van der Waals surface area contributed by atoms with Gasteiger partial charge >= 0.3 is 0 Å². The van der Waals surface area contributed by atoms with Crippen LogP contribution in [0.5, 0.6) is 0 Å². The van der Waals surface area contributed by atoms with Crippen molar-refractivity contribution in [3.8, 4) is 0 Å². The Morgan fingerprint density at radius 2 is 1.77 bits per heavy atom. The van der Waals surface area contributed by atoms with Crippen molar-refractivity contribution in [2.45, 2.75) is 37.8 Å². The van der Waals surface area contributed by atoms with E-state index in [9.17, 15) is 8.78 Å². The highest BCUT2D eigenvalue weighted by Crippen LogP contribution is 2.41. The van der Waals surface area contributed by atoms with E-state index in [0.29, 0.717) is 12.8 Å². The average molecular weight is 372 g/mol. The zero-order valence-electron chi connectivity index (χ0n) is 11.8. The fraction of sp³-hybridized carbons (Fsp3) is 0.429. The first-order valence-electron chi connectivity index (χ1n) is 7.07. The van der Waals surface area contributed by atoms with Gasteiger partial charge in [0.1, 0.15) is 17.3 Å². The van der Waals surface area contributed by atoms with E-state index in [0.717, 1.165) is 31.4 Å². The number of anilines is 1. The summed E-state index contributed by atoms with van der Waals surface area (Å²) in [6.07, 6.45) is 4.24. The van der Waals surface area contributed by atoms with Crippen molar-refractivity contribution < 1.29 is 8.78 Å². The van der Waals surface area contributed by atoms with Crippen molar-refractivity contribution in [2.75, 3.05) is 4.90 Å². The lowest BCUT2D eigenvalue weighted by molar-refractivity contribution is 0.303. The number of aliphatic imine (C=N–C) groups is 2. The molecule has 4 N–H and O–H groups in total. The maximum Gasteiger partial charge on any atom is 0.220 e. The van der Waals surface area contributed by atoms with Gasteiger partial charge in [-0.25, -0.2) is 13.8 Å². The largest absolute Gasteiger partial charge is 0.369 e. The molecular formula is C14H16BrF2N5. The predicted molar refractivity (Wildman–Crippen MR) is 85.6 cm³/mol. The van der Waals surface area contributed by atoms with Crippen molar-refractivity contribution in [2.24, 2.45) is 21.5 Å². The Kier molecular flexibility index (Phi) is 3.80. The van der Waals surface area contributed by atoms with Crippen molar-refractivity contribution in [1.82, 2.24) is 0 Å². The van der Waals surface area contributed by atoms with Gasteiger partial charge in [0, 0.05) is 6.07 Å². The Morgan fingerprint density at radius 3 is 2.45 bits per heavy atom. The summed E-state index contributed by atoms with van der Waals surface area (Å²) >= 11 is 2.97. The summed E-state index contributed by atoms with van der Waals surface area (Å²) < 4.78 is 28.3. The van der Waals surface area contributed by atoms with Gasteiger partial charge in [-0.05, 0) is 47.7 Å². The standard InChI is InChI=1S/C14H16BrF2N5/c15-8-6-10(17)11(7-9(8)16)22-13(19)20-12(18)21-14(22)4-2-1-3-5-14/h6-7H,1-5H2,(H4,18,19,20,21). The van der Waals surface area contributed by atoms with Crippen LogP contribution in [0.3, 0.4) is 0 Å². The second-order valence-corrected chi connectivity index (χ2v) is 6.39. The summed E-state index contributed by atoms with van der Waals surface area (Å²) in [7, 11) is 0. The van der Waals surface area contributed by atoms with Crippen LogP contribution in [0, 0.1) is 11.6 Å². The Bertz CT molecular complexity index is 667. The maximum atomic E-state index is 14.4. The number of halogens is 3. The summed E-state index contributed by atoms with van der Waals surface area (Å²) in [6, 6.07) is 2.19. The van der Waals surface area contributed by atoms with E-state index in [2.05, 4.69) is 25.9 Å². The molecule has 2 aliphatic rings. The van der Waals surface area contributed by atoms with Crippen LogP contribution in [0.25, 0.3) is 0 Å². The second kappa shape index (κ2) is 5.49. The van der Waals surface area contributed by atoms with Gasteiger partial charge in [-0.15, -0.1) is 0 Å². The molecule has 1 saturated carbocycles. The van der Waals surface area contributed by atoms with E-state index in [4.69, 9.17) is 11.5 Å². The van der Waals surface area contributed by atoms with Gasteiger partial charge in [0.25, 0.3) is 0 Å². The quantitative estimate of drug-likeness (QED) is 0.744. The molecule has 0 amide bonds. The average Bonchev–Trinajstić information content (AvgIpc) is 2.44. The van der Waals surface area contributed by atoms with Crippen LogP contribution >= 0.6 is 15.9 Å². The lowest BCUT2D eigenvalue weighted by Crippen LogP contribution is -2.58. The zero-order valence-corrected chi connectivity index (χ0v) is 13.4. The molecule has 0 atom stereocenters. The molecule has 8 heteroatoms. The Hall–Kier alpha value is -1.70. The Balaban J connectivity index is 2.14. The third kappa shape index (κ3) is 2.45. The van der Waals surface area contributed by atoms with Crippen molar-refractivity contribution in [1.29, 1.82) is 0 Å². The third-order valence-electron chi connectivity index (χ3n) is 4.08. The molecule has 1 aliphatic carbocycles. The van der Waals surface area contributed by atoms with E-state index < -0.39 is 17.3 Å².